The Morgan fingerprint density at radius 1 is 1.59 bits per heavy atom. The number of hydrogen-bond acceptors (Lipinski definition) is 3. The van der Waals surface area contributed by atoms with E-state index in [1.807, 2.05) is 18.2 Å². The Labute approximate surface area is 104 Å². The van der Waals surface area contributed by atoms with Crippen molar-refractivity contribution >= 4 is 11.4 Å². The molecule has 3 unspecified atom stereocenters. The SMILES string of the molecule is CC(OS(=O)O)c1cccc(C2CCCN2)c1. The van der Waals surface area contributed by atoms with Crippen molar-refractivity contribution in [2.75, 3.05) is 6.54 Å². The van der Waals surface area contributed by atoms with Gasteiger partial charge < -0.3 is 5.32 Å². The summed E-state index contributed by atoms with van der Waals surface area (Å²) >= 11 is -2.22. The van der Waals surface area contributed by atoms with Gasteiger partial charge in [0.1, 0.15) is 0 Å². The third-order valence-corrected chi connectivity index (χ3v) is 3.52. The van der Waals surface area contributed by atoms with Crippen LogP contribution in [-0.4, -0.2) is 15.3 Å². The van der Waals surface area contributed by atoms with Gasteiger partial charge in [0.25, 0.3) is 0 Å². The fraction of sp³-hybridized carbons (Fsp3) is 0.500. The van der Waals surface area contributed by atoms with E-state index in [0.717, 1.165) is 18.5 Å². The van der Waals surface area contributed by atoms with E-state index in [4.69, 9.17) is 8.74 Å². The summed E-state index contributed by atoms with van der Waals surface area (Å²) in [6, 6.07) is 8.40. The normalized spacial score (nSPS) is 23.5. The minimum atomic E-state index is -2.22. The Bertz CT molecular complexity index is 404. The largest absolute Gasteiger partial charge is 0.310 e. The molecule has 2 N–H and O–H groups in total. The molecule has 0 aromatic heterocycles. The maximum Gasteiger partial charge on any atom is 0.302 e. The highest BCUT2D eigenvalue weighted by molar-refractivity contribution is 7.74. The van der Waals surface area contributed by atoms with Crippen molar-refractivity contribution in [1.82, 2.24) is 5.32 Å². The lowest BCUT2D eigenvalue weighted by Gasteiger charge is -2.15. The Morgan fingerprint density at radius 3 is 3.06 bits per heavy atom. The van der Waals surface area contributed by atoms with E-state index in [0.29, 0.717) is 6.04 Å². The predicted octanol–water partition coefficient (Wildman–Crippen LogP) is 2.33. The topological polar surface area (TPSA) is 58.6 Å². The highest BCUT2D eigenvalue weighted by Crippen LogP contribution is 2.26. The number of hydrogen-bond donors (Lipinski definition) is 2. The Kier molecular flexibility index (Phi) is 4.28. The molecule has 1 heterocycles. The predicted molar refractivity (Wildman–Crippen MR) is 66.7 cm³/mol. The first kappa shape index (κ1) is 12.7. The van der Waals surface area contributed by atoms with Gasteiger partial charge in [-0.1, -0.05) is 24.3 Å². The highest BCUT2D eigenvalue weighted by atomic mass is 32.2. The van der Waals surface area contributed by atoms with Gasteiger partial charge in [0.05, 0.1) is 6.10 Å². The standard InChI is InChI=1S/C12H17NO3S/c1-9(16-17(14)15)10-4-2-5-11(8-10)12-6-3-7-13-12/h2,4-5,8-9,12-13H,3,6-7H2,1H3,(H,14,15). The zero-order valence-electron chi connectivity index (χ0n) is 9.76. The van der Waals surface area contributed by atoms with Crippen LogP contribution in [0.3, 0.4) is 0 Å². The fourth-order valence-corrected chi connectivity index (χ4v) is 2.53. The van der Waals surface area contributed by atoms with Crippen molar-refractivity contribution in [3.05, 3.63) is 35.4 Å². The molecule has 1 aliphatic heterocycles. The van der Waals surface area contributed by atoms with Gasteiger partial charge in [0, 0.05) is 6.04 Å². The molecule has 1 aromatic rings. The molecule has 3 atom stereocenters. The zero-order chi connectivity index (χ0) is 12.3. The summed E-state index contributed by atoms with van der Waals surface area (Å²) in [4.78, 5) is 0. The van der Waals surface area contributed by atoms with Gasteiger partial charge in [-0.25, -0.2) is 0 Å². The minimum Gasteiger partial charge on any atom is -0.310 e. The summed E-state index contributed by atoms with van der Waals surface area (Å²) in [6.07, 6.45) is 1.97. The zero-order valence-corrected chi connectivity index (χ0v) is 10.6. The summed E-state index contributed by atoms with van der Waals surface area (Å²) in [6.45, 7) is 2.83. The third-order valence-electron chi connectivity index (χ3n) is 3.07. The molecule has 1 aliphatic rings. The van der Waals surface area contributed by atoms with Crippen molar-refractivity contribution < 1.29 is 12.9 Å². The van der Waals surface area contributed by atoms with E-state index in [9.17, 15) is 4.21 Å². The maximum atomic E-state index is 10.6. The van der Waals surface area contributed by atoms with E-state index in [1.54, 1.807) is 6.92 Å². The molecule has 0 saturated carbocycles. The van der Waals surface area contributed by atoms with E-state index >= 15 is 0 Å². The number of benzene rings is 1. The second-order valence-electron chi connectivity index (χ2n) is 4.27. The van der Waals surface area contributed by atoms with Crippen molar-refractivity contribution in [3.63, 3.8) is 0 Å². The number of rotatable bonds is 4. The van der Waals surface area contributed by atoms with Crippen LogP contribution in [0.1, 0.15) is 43.0 Å². The molecule has 0 radical (unpaired) electrons. The molecular formula is C12H17NO3S. The molecule has 0 aliphatic carbocycles. The Morgan fingerprint density at radius 2 is 2.41 bits per heavy atom. The van der Waals surface area contributed by atoms with Crippen molar-refractivity contribution in [2.24, 2.45) is 0 Å². The van der Waals surface area contributed by atoms with E-state index < -0.39 is 11.4 Å². The molecule has 2 rings (SSSR count). The summed E-state index contributed by atoms with van der Waals surface area (Å²) in [5, 5.41) is 3.43. The van der Waals surface area contributed by atoms with Crippen molar-refractivity contribution in [3.8, 4) is 0 Å². The van der Waals surface area contributed by atoms with Gasteiger partial charge >= 0.3 is 11.4 Å². The first-order valence-electron chi connectivity index (χ1n) is 5.78. The molecule has 1 fully saturated rings. The van der Waals surface area contributed by atoms with Crippen LogP contribution in [0, 0.1) is 0 Å². The van der Waals surface area contributed by atoms with Crippen molar-refractivity contribution in [1.29, 1.82) is 0 Å². The van der Waals surface area contributed by atoms with Crippen LogP contribution in [0.4, 0.5) is 0 Å². The molecular weight excluding hydrogens is 238 g/mol. The lowest BCUT2D eigenvalue weighted by molar-refractivity contribution is 0.227. The Balaban J connectivity index is 2.12. The first-order valence-corrected chi connectivity index (χ1v) is 6.81. The lowest BCUT2D eigenvalue weighted by Crippen LogP contribution is -2.13. The van der Waals surface area contributed by atoms with Crippen LogP contribution in [0.25, 0.3) is 0 Å². The van der Waals surface area contributed by atoms with Gasteiger partial charge in [-0.2, -0.15) is 4.21 Å². The molecule has 0 spiro atoms. The second kappa shape index (κ2) is 5.73. The average Bonchev–Trinajstić information content (AvgIpc) is 2.82. The average molecular weight is 255 g/mol. The van der Waals surface area contributed by atoms with E-state index in [1.165, 1.54) is 12.0 Å². The van der Waals surface area contributed by atoms with Gasteiger partial charge in [-0.15, -0.1) is 0 Å². The minimum absolute atomic E-state index is 0.373. The second-order valence-corrected chi connectivity index (χ2v) is 4.90. The van der Waals surface area contributed by atoms with Crippen LogP contribution >= 0.6 is 0 Å². The van der Waals surface area contributed by atoms with Crippen LogP contribution in [0.5, 0.6) is 0 Å². The molecule has 4 nitrogen and oxygen atoms in total. The molecule has 1 saturated heterocycles. The number of nitrogens with one attached hydrogen (secondary N) is 1. The van der Waals surface area contributed by atoms with Gasteiger partial charge in [-0.3, -0.25) is 8.74 Å². The van der Waals surface area contributed by atoms with Crippen LogP contribution in [-0.2, 0) is 15.5 Å². The van der Waals surface area contributed by atoms with Crippen molar-refractivity contribution in [2.45, 2.75) is 31.9 Å². The van der Waals surface area contributed by atoms with Gasteiger partial charge in [0.2, 0.25) is 0 Å². The monoisotopic (exact) mass is 255 g/mol. The van der Waals surface area contributed by atoms with Gasteiger partial charge in [0.15, 0.2) is 0 Å². The molecule has 5 heteroatoms. The summed E-state index contributed by atoms with van der Waals surface area (Å²) in [5.41, 5.74) is 2.15. The third kappa shape index (κ3) is 3.35. The maximum absolute atomic E-state index is 10.6. The lowest BCUT2D eigenvalue weighted by atomic mass is 10.0. The van der Waals surface area contributed by atoms with Crippen LogP contribution < -0.4 is 5.32 Å². The summed E-state index contributed by atoms with van der Waals surface area (Å²) in [5.74, 6) is 0. The molecule has 0 amide bonds. The molecule has 94 valence electrons. The fourth-order valence-electron chi connectivity index (χ4n) is 2.18. The summed E-state index contributed by atoms with van der Waals surface area (Å²) < 4.78 is 24.2. The van der Waals surface area contributed by atoms with Gasteiger partial charge in [-0.05, 0) is 37.4 Å². The smallest absolute Gasteiger partial charge is 0.302 e. The van der Waals surface area contributed by atoms with E-state index in [2.05, 4.69) is 11.4 Å². The van der Waals surface area contributed by atoms with Crippen LogP contribution in [0.15, 0.2) is 24.3 Å². The Hall–Kier alpha value is -0.750. The summed E-state index contributed by atoms with van der Waals surface area (Å²) in [7, 11) is 0. The molecule has 0 bridgehead atoms. The van der Waals surface area contributed by atoms with E-state index in [-0.39, 0.29) is 6.10 Å². The molecule has 17 heavy (non-hydrogen) atoms. The molecule has 1 aromatic carbocycles. The quantitative estimate of drug-likeness (QED) is 0.811. The van der Waals surface area contributed by atoms with Crippen LogP contribution in [0.2, 0.25) is 0 Å². The highest BCUT2D eigenvalue weighted by Gasteiger charge is 2.17. The first-order chi connectivity index (χ1) is 8.16.